The molecule has 2 aliphatic heterocycles. The standard InChI is InChI=1S/C22H28N4O4/c1-14-6-7-16(11-17(14)23-22(28)18-10-15(2)30-25-18)21(27)24-19-12-29-13-20(19)26-8-4-3-5-9-26/h6-7,10-11,19-20H,3-5,8-9,12-13H2,1-2H3,(H,23,28)(H,24,27)/t19-,20-/m0/s1. The Kier molecular flexibility index (Phi) is 6.15. The van der Waals surface area contributed by atoms with Crippen molar-refractivity contribution >= 4 is 17.5 Å². The third kappa shape index (κ3) is 4.55. The molecule has 1 aromatic carbocycles. The van der Waals surface area contributed by atoms with Gasteiger partial charge in [0.2, 0.25) is 0 Å². The number of aromatic nitrogens is 1. The molecule has 0 unspecified atom stereocenters. The zero-order valence-corrected chi connectivity index (χ0v) is 17.4. The lowest BCUT2D eigenvalue weighted by molar-refractivity contribution is 0.0899. The molecule has 2 aromatic rings. The summed E-state index contributed by atoms with van der Waals surface area (Å²) in [5.74, 6) is 0.0224. The van der Waals surface area contributed by atoms with Crippen molar-refractivity contribution in [3.63, 3.8) is 0 Å². The van der Waals surface area contributed by atoms with Crippen LogP contribution in [0.15, 0.2) is 28.8 Å². The number of hydrogen-bond acceptors (Lipinski definition) is 6. The van der Waals surface area contributed by atoms with Crippen LogP contribution >= 0.6 is 0 Å². The minimum atomic E-state index is -0.373. The lowest BCUT2D eigenvalue weighted by Gasteiger charge is -2.34. The number of benzene rings is 1. The van der Waals surface area contributed by atoms with E-state index in [9.17, 15) is 9.59 Å². The number of aryl methyl sites for hydroxylation is 2. The molecule has 2 fully saturated rings. The van der Waals surface area contributed by atoms with Gasteiger partial charge in [0, 0.05) is 17.3 Å². The van der Waals surface area contributed by atoms with Crippen LogP contribution in [0.3, 0.4) is 0 Å². The molecule has 2 amide bonds. The largest absolute Gasteiger partial charge is 0.378 e. The number of likely N-dealkylation sites (tertiary alicyclic amines) is 1. The van der Waals surface area contributed by atoms with E-state index in [2.05, 4.69) is 20.7 Å². The molecule has 1 aromatic heterocycles. The van der Waals surface area contributed by atoms with Crippen LogP contribution in [0, 0.1) is 13.8 Å². The molecule has 0 aliphatic carbocycles. The minimum absolute atomic E-state index is 0.0342. The van der Waals surface area contributed by atoms with Crippen molar-refractivity contribution in [1.82, 2.24) is 15.4 Å². The number of piperidine rings is 1. The van der Waals surface area contributed by atoms with Gasteiger partial charge in [-0.05, 0) is 57.5 Å². The van der Waals surface area contributed by atoms with Crippen molar-refractivity contribution in [3.8, 4) is 0 Å². The van der Waals surface area contributed by atoms with Crippen molar-refractivity contribution in [1.29, 1.82) is 0 Å². The van der Waals surface area contributed by atoms with E-state index in [0.29, 0.717) is 30.2 Å². The summed E-state index contributed by atoms with van der Waals surface area (Å²) in [6.07, 6.45) is 3.67. The SMILES string of the molecule is Cc1cc(C(=O)Nc2cc(C(=O)N[C@H]3COC[C@@H]3N3CCCCC3)ccc2C)no1. The Bertz CT molecular complexity index is 920. The topological polar surface area (TPSA) is 96.7 Å². The second-order valence-corrected chi connectivity index (χ2v) is 8.09. The highest BCUT2D eigenvalue weighted by Crippen LogP contribution is 2.21. The summed E-state index contributed by atoms with van der Waals surface area (Å²) >= 11 is 0. The second kappa shape index (κ2) is 8.97. The molecule has 2 aliphatic rings. The molecular weight excluding hydrogens is 384 g/mol. The van der Waals surface area contributed by atoms with Gasteiger partial charge < -0.3 is 19.9 Å². The van der Waals surface area contributed by atoms with E-state index in [1.807, 2.05) is 13.0 Å². The fraction of sp³-hybridized carbons (Fsp3) is 0.500. The maximum atomic E-state index is 12.9. The van der Waals surface area contributed by atoms with E-state index in [1.54, 1.807) is 25.1 Å². The van der Waals surface area contributed by atoms with Gasteiger partial charge in [0.15, 0.2) is 5.69 Å². The maximum Gasteiger partial charge on any atom is 0.277 e. The van der Waals surface area contributed by atoms with E-state index in [0.717, 1.165) is 18.7 Å². The second-order valence-electron chi connectivity index (χ2n) is 8.09. The van der Waals surface area contributed by atoms with Crippen molar-refractivity contribution < 1.29 is 18.8 Å². The molecule has 8 heteroatoms. The summed E-state index contributed by atoms with van der Waals surface area (Å²) in [5.41, 5.74) is 2.13. The van der Waals surface area contributed by atoms with Gasteiger partial charge in [-0.1, -0.05) is 17.6 Å². The number of rotatable bonds is 5. The molecule has 0 bridgehead atoms. The van der Waals surface area contributed by atoms with Gasteiger partial charge in [0.1, 0.15) is 5.76 Å². The van der Waals surface area contributed by atoms with Gasteiger partial charge in [-0.15, -0.1) is 0 Å². The predicted molar refractivity (Wildman–Crippen MR) is 112 cm³/mol. The highest BCUT2D eigenvalue weighted by Gasteiger charge is 2.34. The van der Waals surface area contributed by atoms with E-state index in [-0.39, 0.29) is 29.6 Å². The van der Waals surface area contributed by atoms with Crippen LogP contribution < -0.4 is 10.6 Å². The molecule has 2 N–H and O–H groups in total. The van der Waals surface area contributed by atoms with Crippen LogP contribution in [0.2, 0.25) is 0 Å². The summed E-state index contributed by atoms with van der Waals surface area (Å²) in [4.78, 5) is 27.8. The first-order valence-corrected chi connectivity index (χ1v) is 10.5. The molecule has 2 atom stereocenters. The number of hydrogen-bond donors (Lipinski definition) is 2. The lowest BCUT2D eigenvalue weighted by atomic mass is 10.0. The minimum Gasteiger partial charge on any atom is -0.378 e. The van der Waals surface area contributed by atoms with Gasteiger partial charge in [-0.3, -0.25) is 14.5 Å². The van der Waals surface area contributed by atoms with Crippen LogP contribution in [0.5, 0.6) is 0 Å². The van der Waals surface area contributed by atoms with Crippen LogP contribution in [-0.4, -0.2) is 60.3 Å². The van der Waals surface area contributed by atoms with Crippen LogP contribution in [-0.2, 0) is 4.74 Å². The Hall–Kier alpha value is -2.71. The molecular formula is C22H28N4O4. The molecule has 0 radical (unpaired) electrons. The number of nitrogens with one attached hydrogen (secondary N) is 2. The number of carbonyl (C=O) groups is 2. The Balaban J connectivity index is 1.43. The Labute approximate surface area is 175 Å². The van der Waals surface area contributed by atoms with Gasteiger partial charge in [0.05, 0.1) is 25.3 Å². The number of carbonyl (C=O) groups excluding carboxylic acids is 2. The molecule has 4 rings (SSSR count). The third-order valence-corrected chi connectivity index (χ3v) is 5.84. The summed E-state index contributed by atoms with van der Waals surface area (Å²) in [7, 11) is 0. The van der Waals surface area contributed by atoms with Gasteiger partial charge in [-0.2, -0.15) is 0 Å². The molecule has 3 heterocycles. The average molecular weight is 412 g/mol. The normalized spacial score (nSPS) is 22.1. The maximum absolute atomic E-state index is 12.9. The van der Waals surface area contributed by atoms with E-state index < -0.39 is 0 Å². The lowest BCUT2D eigenvalue weighted by Crippen LogP contribution is -2.52. The van der Waals surface area contributed by atoms with Crippen LogP contribution in [0.1, 0.15) is 51.4 Å². The Morgan fingerprint density at radius 3 is 2.60 bits per heavy atom. The molecule has 160 valence electrons. The fourth-order valence-corrected chi connectivity index (χ4v) is 4.10. The first kappa shape index (κ1) is 20.6. The molecule has 0 spiro atoms. The van der Waals surface area contributed by atoms with Gasteiger partial charge in [-0.25, -0.2) is 0 Å². The Morgan fingerprint density at radius 2 is 1.87 bits per heavy atom. The number of nitrogens with zero attached hydrogens (tertiary/aromatic N) is 2. The number of anilines is 1. The van der Waals surface area contributed by atoms with Crippen molar-refractivity contribution in [2.24, 2.45) is 0 Å². The summed E-state index contributed by atoms with van der Waals surface area (Å²) in [5, 5.41) is 9.68. The summed E-state index contributed by atoms with van der Waals surface area (Å²) < 4.78 is 10.6. The van der Waals surface area contributed by atoms with Crippen molar-refractivity contribution in [3.05, 3.63) is 46.8 Å². The zero-order valence-electron chi connectivity index (χ0n) is 17.4. The molecule has 2 saturated heterocycles. The summed E-state index contributed by atoms with van der Waals surface area (Å²) in [6.45, 7) is 6.89. The molecule has 30 heavy (non-hydrogen) atoms. The fourth-order valence-electron chi connectivity index (χ4n) is 4.10. The van der Waals surface area contributed by atoms with E-state index in [4.69, 9.17) is 9.26 Å². The van der Waals surface area contributed by atoms with Gasteiger partial charge >= 0.3 is 0 Å². The quantitative estimate of drug-likeness (QED) is 0.783. The van der Waals surface area contributed by atoms with Crippen LogP contribution in [0.4, 0.5) is 5.69 Å². The van der Waals surface area contributed by atoms with Gasteiger partial charge in [0.25, 0.3) is 11.8 Å². The van der Waals surface area contributed by atoms with Crippen LogP contribution in [0.25, 0.3) is 0 Å². The highest BCUT2D eigenvalue weighted by atomic mass is 16.5. The monoisotopic (exact) mass is 412 g/mol. The number of ether oxygens (including phenoxy) is 1. The summed E-state index contributed by atoms with van der Waals surface area (Å²) in [6, 6.07) is 7.05. The number of amides is 2. The van der Waals surface area contributed by atoms with Crippen molar-refractivity contribution in [2.45, 2.75) is 45.2 Å². The first-order valence-electron chi connectivity index (χ1n) is 10.5. The first-order chi connectivity index (χ1) is 14.5. The van der Waals surface area contributed by atoms with Crippen molar-refractivity contribution in [2.75, 3.05) is 31.6 Å². The highest BCUT2D eigenvalue weighted by molar-refractivity contribution is 6.04. The zero-order chi connectivity index (χ0) is 21.1. The average Bonchev–Trinajstić information content (AvgIpc) is 3.39. The molecule has 0 saturated carbocycles. The third-order valence-electron chi connectivity index (χ3n) is 5.84. The van der Waals surface area contributed by atoms with E-state index in [1.165, 1.54) is 19.3 Å². The smallest absolute Gasteiger partial charge is 0.277 e. The molecule has 8 nitrogen and oxygen atoms in total. The Morgan fingerprint density at radius 1 is 1.07 bits per heavy atom. The predicted octanol–water partition coefficient (Wildman–Crippen LogP) is 2.53. The van der Waals surface area contributed by atoms with E-state index >= 15 is 0 Å².